The number of nitrogens with zero attached hydrogens (tertiary/aromatic N) is 6. The molecular formula is C22H26F2N6. The monoisotopic (exact) mass is 412 g/mol. The fourth-order valence-corrected chi connectivity index (χ4v) is 3.93. The number of halogens is 2. The molecule has 0 aliphatic carbocycles. The second-order valence-corrected chi connectivity index (χ2v) is 8.54. The first kappa shape index (κ1) is 20.4. The Morgan fingerprint density at radius 2 is 1.57 bits per heavy atom. The Morgan fingerprint density at radius 3 is 2.20 bits per heavy atom. The highest BCUT2D eigenvalue weighted by Crippen LogP contribution is 2.32. The lowest BCUT2D eigenvalue weighted by Crippen LogP contribution is -2.49. The summed E-state index contributed by atoms with van der Waals surface area (Å²) in [6.07, 6.45) is 0. The van der Waals surface area contributed by atoms with E-state index in [-0.39, 0.29) is 17.2 Å². The summed E-state index contributed by atoms with van der Waals surface area (Å²) in [6, 6.07) is 12.9. The number of hydrogen-bond acceptors (Lipinski definition) is 5. The van der Waals surface area contributed by atoms with E-state index in [1.807, 2.05) is 26.8 Å². The minimum absolute atomic E-state index is 0.244. The molecule has 1 fully saturated rings. The molecule has 0 N–H and O–H groups in total. The molecule has 1 aromatic heterocycles. The van der Waals surface area contributed by atoms with Crippen LogP contribution in [0.4, 0.5) is 14.5 Å². The molecule has 0 saturated carbocycles. The van der Waals surface area contributed by atoms with Crippen molar-refractivity contribution in [2.75, 3.05) is 31.1 Å². The maximum absolute atomic E-state index is 14.8. The van der Waals surface area contributed by atoms with Gasteiger partial charge in [-0.05, 0) is 61.5 Å². The van der Waals surface area contributed by atoms with E-state index >= 15 is 0 Å². The summed E-state index contributed by atoms with van der Waals surface area (Å²) in [7, 11) is 0. The Bertz CT molecular complexity index is 987. The van der Waals surface area contributed by atoms with Crippen molar-refractivity contribution >= 4 is 5.69 Å². The normalized spacial score (nSPS) is 16.6. The van der Waals surface area contributed by atoms with E-state index in [9.17, 15) is 8.78 Å². The lowest BCUT2D eigenvalue weighted by molar-refractivity contribution is 0.188. The number of benzene rings is 2. The molecule has 0 spiro atoms. The topological polar surface area (TPSA) is 50.1 Å². The lowest BCUT2D eigenvalue weighted by Gasteiger charge is -2.40. The minimum Gasteiger partial charge on any atom is -0.369 e. The first-order valence-corrected chi connectivity index (χ1v) is 10.1. The first-order valence-electron chi connectivity index (χ1n) is 10.1. The van der Waals surface area contributed by atoms with Crippen LogP contribution in [-0.4, -0.2) is 51.3 Å². The minimum atomic E-state index is -0.393. The SMILES string of the molecule is CC(C)(C)n1nnnc1C(c1ccccc1F)N1CCN(c2ccc(F)cc2)CC1. The molecule has 30 heavy (non-hydrogen) atoms. The van der Waals surface area contributed by atoms with Crippen molar-refractivity contribution in [3.63, 3.8) is 0 Å². The van der Waals surface area contributed by atoms with Gasteiger partial charge in [0.1, 0.15) is 17.7 Å². The van der Waals surface area contributed by atoms with Gasteiger partial charge in [0.2, 0.25) is 0 Å². The van der Waals surface area contributed by atoms with Crippen LogP contribution in [0.15, 0.2) is 48.5 Å². The van der Waals surface area contributed by atoms with E-state index in [0.29, 0.717) is 24.5 Å². The number of aromatic nitrogens is 4. The highest BCUT2D eigenvalue weighted by molar-refractivity contribution is 5.46. The van der Waals surface area contributed by atoms with Crippen LogP contribution in [0.5, 0.6) is 0 Å². The third-order valence-electron chi connectivity index (χ3n) is 5.44. The number of anilines is 1. The number of rotatable bonds is 4. The van der Waals surface area contributed by atoms with Gasteiger partial charge < -0.3 is 4.90 Å². The van der Waals surface area contributed by atoms with Crippen LogP contribution in [-0.2, 0) is 5.54 Å². The van der Waals surface area contributed by atoms with Gasteiger partial charge in [-0.3, -0.25) is 4.90 Å². The highest BCUT2D eigenvalue weighted by Gasteiger charge is 2.34. The Kier molecular flexibility index (Phi) is 5.51. The van der Waals surface area contributed by atoms with E-state index in [1.165, 1.54) is 18.2 Å². The van der Waals surface area contributed by atoms with Crippen molar-refractivity contribution in [1.82, 2.24) is 25.1 Å². The molecule has 1 aliphatic rings. The lowest BCUT2D eigenvalue weighted by atomic mass is 10.0. The Hall–Kier alpha value is -2.87. The fraction of sp³-hybridized carbons (Fsp3) is 0.409. The average molecular weight is 412 g/mol. The highest BCUT2D eigenvalue weighted by atomic mass is 19.1. The van der Waals surface area contributed by atoms with Crippen molar-refractivity contribution in [3.05, 3.63) is 71.6 Å². The summed E-state index contributed by atoms with van der Waals surface area (Å²) in [5, 5.41) is 12.4. The van der Waals surface area contributed by atoms with Gasteiger partial charge in [-0.15, -0.1) is 5.10 Å². The molecular weight excluding hydrogens is 386 g/mol. The van der Waals surface area contributed by atoms with Crippen molar-refractivity contribution < 1.29 is 8.78 Å². The molecule has 4 rings (SSSR count). The van der Waals surface area contributed by atoms with Gasteiger partial charge in [0.05, 0.1) is 5.54 Å². The zero-order valence-electron chi connectivity index (χ0n) is 17.5. The van der Waals surface area contributed by atoms with Crippen LogP contribution in [0.25, 0.3) is 0 Å². The third-order valence-corrected chi connectivity index (χ3v) is 5.44. The predicted molar refractivity (Wildman–Crippen MR) is 111 cm³/mol. The van der Waals surface area contributed by atoms with Crippen LogP contribution >= 0.6 is 0 Å². The molecule has 1 atom stereocenters. The Labute approximate surface area is 175 Å². The maximum Gasteiger partial charge on any atom is 0.173 e. The molecule has 1 saturated heterocycles. The van der Waals surface area contributed by atoms with Gasteiger partial charge in [0.15, 0.2) is 5.82 Å². The zero-order chi connectivity index (χ0) is 21.3. The molecule has 1 unspecified atom stereocenters. The third kappa shape index (κ3) is 4.05. The van der Waals surface area contributed by atoms with E-state index in [2.05, 4.69) is 25.3 Å². The molecule has 6 nitrogen and oxygen atoms in total. The number of hydrogen-bond donors (Lipinski definition) is 0. The molecule has 1 aliphatic heterocycles. The van der Waals surface area contributed by atoms with Gasteiger partial charge in [0.25, 0.3) is 0 Å². The molecule has 0 bridgehead atoms. The van der Waals surface area contributed by atoms with E-state index in [4.69, 9.17) is 0 Å². The van der Waals surface area contributed by atoms with E-state index in [0.717, 1.165) is 18.8 Å². The summed E-state index contributed by atoms with van der Waals surface area (Å²) in [6.45, 7) is 8.97. The van der Waals surface area contributed by atoms with Crippen LogP contribution in [0.2, 0.25) is 0 Å². The first-order chi connectivity index (χ1) is 14.3. The standard InChI is InChI=1S/C22H26F2N6/c1-22(2,3)30-21(25-26-27-30)20(18-6-4-5-7-19(18)24)29-14-12-28(13-15-29)17-10-8-16(23)9-11-17/h4-11,20H,12-15H2,1-3H3. The summed E-state index contributed by atoms with van der Waals surface area (Å²) in [5.41, 5.74) is 1.21. The van der Waals surface area contributed by atoms with Gasteiger partial charge in [-0.25, -0.2) is 13.5 Å². The number of tetrazole rings is 1. The van der Waals surface area contributed by atoms with Crippen LogP contribution in [0.3, 0.4) is 0 Å². The van der Waals surface area contributed by atoms with Crippen molar-refractivity contribution in [1.29, 1.82) is 0 Å². The molecule has 3 aromatic rings. The molecule has 2 heterocycles. The zero-order valence-corrected chi connectivity index (χ0v) is 17.5. The number of piperazine rings is 1. The Morgan fingerprint density at radius 1 is 0.900 bits per heavy atom. The van der Waals surface area contributed by atoms with Crippen molar-refractivity contribution in [2.24, 2.45) is 0 Å². The maximum atomic E-state index is 14.8. The van der Waals surface area contributed by atoms with Gasteiger partial charge in [-0.1, -0.05) is 18.2 Å². The summed E-state index contributed by atoms with van der Waals surface area (Å²) >= 11 is 0. The molecule has 8 heteroatoms. The summed E-state index contributed by atoms with van der Waals surface area (Å²) in [4.78, 5) is 4.42. The van der Waals surface area contributed by atoms with Crippen molar-refractivity contribution in [2.45, 2.75) is 32.4 Å². The van der Waals surface area contributed by atoms with Gasteiger partial charge >= 0.3 is 0 Å². The largest absolute Gasteiger partial charge is 0.369 e. The molecule has 158 valence electrons. The summed E-state index contributed by atoms with van der Waals surface area (Å²) in [5.74, 6) is 0.112. The van der Waals surface area contributed by atoms with Crippen LogP contribution in [0.1, 0.15) is 38.2 Å². The molecule has 0 amide bonds. The van der Waals surface area contributed by atoms with Crippen LogP contribution < -0.4 is 4.90 Å². The molecule has 2 aromatic carbocycles. The average Bonchev–Trinajstić information content (AvgIpc) is 3.21. The van der Waals surface area contributed by atoms with Gasteiger partial charge in [0, 0.05) is 37.4 Å². The molecule has 0 radical (unpaired) electrons. The predicted octanol–water partition coefficient (Wildman–Crippen LogP) is 3.62. The second kappa shape index (κ2) is 8.10. The van der Waals surface area contributed by atoms with Crippen LogP contribution in [0, 0.1) is 11.6 Å². The fourth-order valence-electron chi connectivity index (χ4n) is 3.93. The summed E-state index contributed by atoms with van der Waals surface area (Å²) < 4.78 is 29.9. The second-order valence-electron chi connectivity index (χ2n) is 8.54. The van der Waals surface area contributed by atoms with E-state index in [1.54, 1.807) is 28.9 Å². The quantitative estimate of drug-likeness (QED) is 0.655. The van der Waals surface area contributed by atoms with Crippen molar-refractivity contribution in [3.8, 4) is 0 Å². The van der Waals surface area contributed by atoms with Gasteiger partial charge in [-0.2, -0.15) is 0 Å². The Balaban J connectivity index is 1.64. The smallest absolute Gasteiger partial charge is 0.173 e. The van der Waals surface area contributed by atoms with E-state index < -0.39 is 6.04 Å².